The number of aliphatic imine (C=N–C) groups is 2. The van der Waals surface area contributed by atoms with Crippen LogP contribution < -0.4 is 63.1 Å². The smallest absolute Gasteiger partial charge is 0.296 e. The molecule has 4 aromatic heterocycles. The first-order valence-corrected chi connectivity index (χ1v) is 41.1. The van der Waals surface area contributed by atoms with Crippen LogP contribution in [-0.2, 0) is 73.1 Å². The number of carbonyl (C=O) groups is 2. The molecule has 116 heavy (non-hydrogen) atoms. The quantitative estimate of drug-likeness (QED) is 0.0150. The molecule has 12 aromatic rings. The predicted molar refractivity (Wildman–Crippen MR) is 422 cm³/mol. The summed E-state index contributed by atoms with van der Waals surface area (Å²) < 4.78 is 147. The predicted octanol–water partition coefficient (Wildman–Crippen LogP) is 7.74. The zero-order valence-electron chi connectivity index (χ0n) is 59.0. The lowest BCUT2D eigenvalue weighted by Crippen LogP contribution is -2.48. The molecule has 0 unspecified atom stereocenters. The van der Waals surface area contributed by atoms with E-state index in [0.29, 0.717) is 0 Å². The van der Waals surface area contributed by atoms with E-state index >= 15 is 9.59 Å². The van der Waals surface area contributed by atoms with E-state index in [9.17, 15) is 62.9 Å². The number of carbonyl (C=O) groups excluding carboxylic acids is 2. The number of nitrogens with two attached hydrogens (primary N) is 2. The zero-order valence-corrected chi connectivity index (χ0v) is 63.9. The molecule has 3 aliphatic heterocycles. The Morgan fingerprint density at radius 1 is 0.448 bits per heavy atom. The molecule has 46 heteroatoms. The fraction of sp³-hybridized carbons (Fsp3) is 0.0857. The minimum atomic E-state index is -5.25. The van der Waals surface area contributed by atoms with Crippen molar-refractivity contribution in [1.82, 2.24) is 48.5 Å². The third-order valence-electron chi connectivity index (χ3n) is 19.4. The number of benzene rings is 8. The van der Waals surface area contributed by atoms with Gasteiger partial charge in [-0.05, 0) is 83.9 Å². The number of ketones is 2. The zero-order chi connectivity index (χ0) is 81.3. The van der Waals surface area contributed by atoms with Gasteiger partial charge in [0.1, 0.15) is 19.6 Å². The SMILES string of the molecule is Cn1c(=O)c(C2=Nc3ccccc3S(=O)(=O)N2)c2c3c(c(Nc4cc(Nc5nc(N)nc(N6CCN(c7nc(N)nc(Nc8cc(Nc9ccc%10c%11c9C(=O)c9ccccc9-c%11c(C9=Nc%11ccccc%11S(=O)(=O)N9)c(=O)n%10C)c(S(=O)(=O)O)cc8SOOO)n7)CC6)n5)c(S(=O)(=O)O)cc4SOOO)ccc31)C(=O)c1ccccc1-2. The fourth-order valence-corrected chi connectivity index (χ4v) is 19.1. The van der Waals surface area contributed by atoms with Gasteiger partial charge in [0.05, 0.1) is 113 Å². The highest BCUT2D eigenvalue weighted by atomic mass is 32.2. The molecule has 8 aromatic carbocycles. The van der Waals surface area contributed by atoms with Gasteiger partial charge in [-0.2, -0.15) is 46.7 Å². The van der Waals surface area contributed by atoms with Crippen molar-refractivity contribution in [2.24, 2.45) is 24.1 Å². The topological polar surface area (TPSA) is 565 Å². The van der Waals surface area contributed by atoms with Gasteiger partial charge >= 0.3 is 0 Å². The van der Waals surface area contributed by atoms with Crippen LogP contribution in [0.3, 0.4) is 0 Å². The Labute approximate surface area is 660 Å². The van der Waals surface area contributed by atoms with Crippen LogP contribution in [0.1, 0.15) is 43.0 Å². The van der Waals surface area contributed by atoms with E-state index in [0.717, 1.165) is 24.3 Å². The van der Waals surface area contributed by atoms with Crippen LogP contribution in [0.25, 0.3) is 44.1 Å². The van der Waals surface area contributed by atoms with Crippen molar-refractivity contribution in [3.63, 3.8) is 0 Å². The van der Waals surface area contributed by atoms with Crippen LogP contribution in [0.2, 0.25) is 0 Å². The number of nitrogens with zero attached hydrogens (tertiary/aromatic N) is 12. The van der Waals surface area contributed by atoms with Crippen LogP contribution in [0, 0.1) is 0 Å². The summed E-state index contributed by atoms with van der Waals surface area (Å²) in [6, 6.07) is 34.5. The second kappa shape index (κ2) is 28.6. The molecule has 0 spiro atoms. The lowest BCUT2D eigenvalue weighted by molar-refractivity contribution is -0.432. The number of fused-ring (bicyclic) bond motifs is 6. The Kier molecular flexibility index (Phi) is 18.6. The Hall–Kier alpha value is -12.9. The molecule has 0 amide bonds. The van der Waals surface area contributed by atoms with Gasteiger partial charge in [0.15, 0.2) is 23.2 Å². The molecule has 17 rings (SSSR count). The number of aryl methyl sites for hydroxylation is 2. The number of aromatic nitrogens is 8. The van der Waals surface area contributed by atoms with Crippen LogP contribution in [0.4, 0.5) is 81.2 Å². The van der Waals surface area contributed by atoms with E-state index in [1.165, 1.54) is 96.0 Å². The summed E-state index contributed by atoms with van der Waals surface area (Å²) in [6.07, 6.45) is 0. The number of piperazine rings is 1. The summed E-state index contributed by atoms with van der Waals surface area (Å²) in [5.41, 5.74) is 11.1. The van der Waals surface area contributed by atoms with Gasteiger partial charge in [0.25, 0.3) is 51.4 Å². The van der Waals surface area contributed by atoms with Crippen molar-refractivity contribution in [1.29, 1.82) is 0 Å². The first-order chi connectivity index (χ1) is 55.5. The highest BCUT2D eigenvalue weighted by Gasteiger charge is 2.40. The Morgan fingerprint density at radius 3 is 1.23 bits per heavy atom. The van der Waals surface area contributed by atoms with E-state index in [1.807, 2.05) is 0 Å². The minimum absolute atomic E-state index is 0.0162. The minimum Gasteiger partial charge on any atom is -0.368 e. The van der Waals surface area contributed by atoms with Crippen LogP contribution >= 0.6 is 24.1 Å². The molecule has 1 saturated heterocycles. The molecule has 0 bridgehead atoms. The van der Waals surface area contributed by atoms with E-state index in [-0.39, 0.29) is 229 Å². The van der Waals surface area contributed by atoms with E-state index in [1.54, 1.807) is 58.3 Å². The van der Waals surface area contributed by atoms with Crippen LogP contribution in [-0.4, -0.2) is 142 Å². The number of pyridine rings is 2. The third kappa shape index (κ3) is 13.2. The lowest BCUT2D eigenvalue weighted by atomic mass is 9.81. The maximum atomic E-state index is 15.1. The summed E-state index contributed by atoms with van der Waals surface area (Å²) in [7, 11) is -16.2. The molecule has 0 radical (unpaired) electrons. The molecule has 0 saturated carbocycles. The molecule has 588 valence electrons. The Balaban J connectivity index is 0.670. The van der Waals surface area contributed by atoms with Gasteiger partial charge in [0, 0.05) is 73.3 Å². The van der Waals surface area contributed by atoms with E-state index in [2.05, 4.69) is 80.7 Å². The molecule has 7 heterocycles. The first-order valence-electron chi connectivity index (χ1n) is 33.8. The molecule has 40 nitrogen and oxygen atoms in total. The second-order valence-corrected chi connectivity index (χ2v) is 33.6. The number of para-hydroxylation sites is 2. The average molecular weight is 1690 g/mol. The number of rotatable bonds is 20. The molecular weight excluding hydrogens is 1630 g/mol. The normalized spacial score (nSPS) is 15.0. The van der Waals surface area contributed by atoms with E-state index in [4.69, 9.17) is 20.1 Å². The maximum Gasteiger partial charge on any atom is 0.296 e. The summed E-state index contributed by atoms with van der Waals surface area (Å²) in [6.45, 7) is 0.362. The maximum absolute atomic E-state index is 15.1. The fourth-order valence-electron chi connectivity index (χ4n) is 14.4. The van der Waals surface area contributed by atoms with Gasteiger partial charge < -0.3 is 51.7 Å². The Bertz CT molecular complexity index is 7070. The van der Waals surface area contributed by atoms with Crippen molar-refractivity contribution in [3.05, 3.63) is 200 Å². The summed E-state index contributed by atoms with van der Waals surface area (Å²) >= 11 is 0.529. The number of nitrogen functional groups attached to an aromatic ring is 2. The van der Waals surface area contributed by atoms with Gasteiger partial charge in [-0.3, -0.25) is 37.7 Å². The number of sulfonamides is 2. The molecular formula is C70H52N20O20S6. The average Bonchev–Trinajstić information content (AvgIpc) is 0.707. The number of hydrogen-bond acceptors (Lipinski definition) is 36. The van der Waals surface area contributed by atoms with Gasteiger partial charge in [-0.1, -0.05) is 82.9 Å². The molecule has 5 aliphatic rings. The van der Waals surface area contributed by atoms with Crippen molar-refractivity contribution in [2.75, 3.05) is 68.7 Å². The van der Waals surface area contributed by atoms with Crippen LogP contribution in [0.5, 0.6) is 0 Å². The molecule has 2 aliphatic carbocycles. The van der Waals surface area contributed by atoms with Gasteiger partial charge in [0.2, 0.25) is 35.7 Å². The summed E-state index contributed by atoms with van der Waals surface area (Å²) in [5, 5.41) is 38.6. The number of anilines is 12. The van der Waals surface area contributed by atoms with Crippen molar-refractivity contribution in [2.45, 2.75) is 29.4 Å². The number of hydrogen-bond donors (Lipinski definition) is 12. The monoisotopic (exact) mass is 1680 g/mol. The van der Waals surface area contributed by atoms with Crippen molar-refractivity contribution in [3.8, 4) is 22.3 Å². The lowest BCUT2D eigenvalue weighted by Gasteiger charge is -2.34. The van der Waals surface area contributed by atoms with E-state index < -0.39 is 84.1 Å². The highest BCUT2D eigenvalue weighted by Crippen LogP contribution is 2.49. The van der Waals surface area contributed by atoms with Crippen molar-refractivity contribution < 1.29 is 81.6 Å². The number of nitrogens with one attached hydrogen (secondary N) is 6. The highest BCUT2D eigenvalue weighted by molar-refractivity contribution is 7.95. The summed E-state index contributed by atoms with van der Waals surface area (Å²) in [4.78, 5) is 96.0. The molecule has 14 N–H and O–H groups in total. The third-order valence-corrected chi connectivity index (χ3v) is 25.2. The van der Waals surface area contributed by atoms with Crippen LogP contribution in [0.15, 0.2) is 195 Å². The first kappa shape index (κ1) is 75.7. The van der Waals surface area contributed by atoms with Gasteiger partial charge in [-0.15, -0.1) is 8.67 Å². The second-order valence-electron chi connectivity index (χ2n) is 26.0. The largest absolute Gasteiger partial charge is 0.368 e. The Morgan fingerprint density at radius 2 is 0.819 bits per heavy atom. The van der Waals surface area contributed by atoms with Crippen molar-refractivity contribution >= 4 is 191 Å². The molecule has 0 atom stereocenters. The van der Waals surface area contributed by atoms with Gasteiger partial charge in [-0.25, -0.2) is 37.3 Å². The summed E-state index contributed by atoms with van der Waals surface area (Å²) in [5.74, 6) is -3.26. The molecule has 1 fully saturated rings. The standard InChI is InChI=1S/C70H52N20O20S6/c1-87-43-21-19-37(53-55(43)51(31-11-3-5-13-33(31)59(53)91)57(63(87)93)61-75-35-15-7-9-17-47(35)113(97,98)85-61)73-39-27-42(50(116(104,105)106)29-45(39)111-109-107-95)78-68-80-66(72)82-70(84-68)90-25-23-89(24-26-90)69-81-65(71)79-67(83-69)77-40-28-41(49(115(101,102)103)30-46(40)112-110-108-96)74-38-20-22-44-56-52(32-12-4-6-14-34(32)60(92)54(38)56)58(64(94)88(44)2)62-76-36-16-8-10-18-48(36)114(99,100)86-62/h3-22,27-30,73-74,95-96H,23-26H2,1-2H3,(H,75,85)(H,76,86)(H,101,102,103)(H,104,105,106)(H3,71,77,79,81,83)(H3,72,78,80,82,84). The number of amidine groups is 2.